The van der Waals surface area contributed by atoms with Crippen LogP contribution in [0.25, 0.3) is 0 Å². The summed E-state index contributed by atoms with van der Waals surface area (Å²) in [5.74, 6) is 3.40. The summed E-state index contributed by atoms with van der Waals surface area (Å²) in [4.78, 5) is 15.6. The minimum atomic E-state index is -0.913. The maximum absolute atomic E-state index is 10.9. The van der Waals surface area contributed by atoms with E-state index < -0.39 is 5.97 Å². The first-order valence-electron chi connectivity index (χ1n) is 7.85. The Kier molecular flexibility index (Phi) is 5.65. The number of carbonyl (C=O) groups is 1. The van der Waals surface area contributed by atoms with Crippen LogP contribution in [0.5, 0.6) is 0 Å². The summed E-state index contributed by atoms with van der Waals surface area (Å²) >= 11 is 5.64. The van der Waals surface area contributed by atoms with E-state index in [1.807, 2.05) is 11.8 Å². The van der Waals surface area contributed by atoms with Crippen LogP contribution in [0.2, 0.25) is 0 Å². The molecular formula is C20H17BrO2SSe. The summed E-state index contributed by atoms with van der Waals surface area (Å²) in [6.45, 7) is 4.62. The van der Waals surface area contributed by atoms with E-state index in [1.54, 1.807) is 24.3 Å². The van der Waals surface area contributed by atoms with E-state index in [1.165, 1.54) is 21.3 Å². The van der Waals surface area contributed by atoms with Gasteiger partial charge in [-0.2, -0.15) is 0 Å². The number of benzene rings is 2. The fourth-order valence-electron chi connectivity index (χ4n) is 2.67. The Morgan fingerprint density at radius 2 is 2.00 bits per heavy atom. The molecule has 25 heavy (non-hydrogen) atoms. The summed E-state index contributed by atoms with van der Waals surface area (Å²) in [5.41, 5.74) is 2.76. The third-order valence-electron chi connectivity index (χ3n) is 4.21. The van der Waals surface area contributed by atoms with Crippen molar-refractivity contribution in [1.29, 1.82) is 0 Å². The Bertz CT molecular complexity index is 879. The predicted octanol–water partition coefficient (Wildman–Crippen LogP) is 4.26. The molecule has 0 saturated carbocycles. The van der Waals surface area contributed by atoms with E-state index in [4.69, 9.17) is 5.11 Å². The Morgan fingerprint density at radius 3 is 2.68 bits per heavy atom. The molecule has 1 aliphatic heterocycles. The minimum absolute atomic E-state index is 0.0553. The van der Waals surface area contributed by atoms with Gasteiger partial charge >= 0.3 is 168 Å². The number of hydrogen-bond donors (Lipinski definition) is 1. The van der Waals surface area contributed by atoms with Crippen LogP contribution in [0.1, 0.15) is 41.8 Å². The molecule has 1 heterocycles. The average molecular weight is 480 g/mol. The molecule has 0 atom stereocenters. The molecule has 0 unspecified atom stereocenters. The van der Waals surface area contributed by atoms with Crippen LogP contribution < -0.4 is 4.46 Å². The molecule has 3 rings (SSSR count). The Hall–Kier alpha value is -1.18. The van der Waals surface area contributed by atoms with Gasteiger partial charge in [0.1, 0.15) is 0 Å². The number of carboxylic acids is 1. The van der Waals surface area contributed by atoms with Crippen molar-refractivity contribution < 1.29 is 9.90 Å². The summed E-state index contributed by atoms with van der Waals surface area (Å²) in [5, 5.41) is 8.94. The number of rotatable bonds is 2. The first-order valence-corrected chi connectivity index (χ1v) is 11.3. The SMILES string of the molecule is CC1(C)CCSc2c([Se]C#Cc3ccc(C(=O)O)cc3)cc(Br)cc21. The van der Waals surface area contributed by atoms with Crippen molar-refractivity contribution in [2.75, 3.05) is 5.75 Å². The number of hydrogen-bond acceptors (Lipinski definition) is 2. The van der Waals surface area contributed by atoms with Crippen LogP contribution in [0.3, 0.4) is 0 Å². The fourth-order valence-corrected chi connectivity index (χ4v) is 6.97. The number of carboxylic acid groups (broad SMARTS) is 1. The van der Waals surface area contributed by atoms with Crippen LogP contribution in [0.4, 0.5) is 0 Å². The topological polar surface area (TPSA) is 37.3 Å². The molecule has 0 amide bonds. The quantitative estimate of drug-likeness (QED) is 0.516. The van der Waals surface area contributed by atoms with Gasteiger partial charge in [0, 0.05) is 0 Å². The number of thioether (sulfide) groups is 1. The monoisotopic (exact) mass is 480 g/mol. The van der Waals surface area contributed by atoms with Crippen LogP contribution in [-0.4, -0.2) is 31.8 Å². The standard InChI is InChI=1S/C20H17BrO2SSe/c1-20(2)8-9-24-18-16(20)11-15(21)12-17(18)25-10-7-13-3-5-14(6-4-13)19(22)23/h3-6,11-12H,8-9H2,1-2H3,(H,22,23). The molecule has 0 bridgehead atoms. The van der Waals surface area contributed by atoms with Gasteiger partial charge in [0.25, 0.3) is 0 Å². The van der Waals surface area contributed by atoms with Crippen molar-refractivity contribution in [2.45, 2.75) is 30.6 Å². The molecule has 0 saturated heterocycles. The van der Waals surface area contributed by atoms with Crippen LogP contribution in [-0.2, 0) is 5.41 Å². The molecule has 128 valence electrons. The van der Waals surface area contributed by atoms with Crippen molar-refractivity contribution in [1.82, 2.24) is 0 Å². The molecule has 0 aromatic heterocycles. The van der Waals surface area contributed by atoms with E-state index >= 15 is 0 Å². The zero-order valence-electron chi connectivity index (χ0n) is 13.9. The molecule has 0 radical (unpaired) electrons. The van der Waals surface area contributed by atoms with E-state index in [0.717, 1.165) is 15.8 Å². The molecule has 0 spiro atoms. The molecular weight excluding hydrogens is 463 g/mol. The Balaban J connectivity index is 1.85. The second-order valence-corrected chi connectivity index (χ2v) is 10.3. The summed E-state index contributed by atoms with van der Waals surface area (Å²) < 4.78 is 2.44. The molecule has 1 N–H and O–H groups in total. The zero-order chi connectivity index (χ0) is 18.0. The second-order valence-electron chi connectivity index (χ2n) is 6.47. The zero-order valence-corrected chi connectivity index (χ0v) is 18.0. The normalized spacial score (nSPS) is 15.0. The van der Waals surface area contributed by atoms with Crippen molar-refractivity contribution in [2.24, 2.45) is 0 Å². The van der Waals surface area contributed by atoms with Crippen molar-refractivity contribution >= 4 is 53.1 Å². The molecule has 2 aromatic carbocycles. The first kappa shape index (κ1) is 18.6. The van der Waals surface area contributed by atoms with Crippen molar-refractivity contribution in [3.63, 3.8) is 0 Å². The number of fused-ring (bicyclic) bond motifs is 1. The summed E-state index contributed by atoms with van der Waals surface area (Å²) in [7, 11) is 0. The van der Waals surface area contributed by atoms with Crippen molar-refractivity contribution in [3.8, 4) is 10.7 Å². The Labute approximate surface area is 167 Å². The van der Waals surface area contributed by atoms with Gasteiger partial charge in [-0.15, -0.1) is 0 Å². The van der Waals surface area contributed by atoms with Gasteiger partial charge in [-0.3, -0.25) is 0 Å². The molecule has 2 aromatic rings. The molecule has 0 fully saturated rings. The van der Waals surface area contributed by atoms with Crippen LogP contribution >= 0.6 is 27.7 Å². The van der Waals surface area contributed by atoms with Crippen LogP contribution in [0.15, 0.2) is 45.8 Å². The van der Waals surface area contributed by atoms with Gasteiger partial charge in [0.15, 0.2) is 0 Å². The van der Waals surface area contributed by atoms with E-state index in [2.05, 4.69) is 52.6 Å². The van der Waals surface area contributed by atoms with Crippen LogP contribution in [0, 0.1) is 10.7 Å². The van der Waals surface area contributed by atoms with E-state index in [0.29, 0.717) is 0 Å². The van der Waals surface area contributed by atoms with Gasteiger partial charge < -0.3 is 0 Å². The molecule has 2 nitrogen and oxygen atoms in total. The number of halogens is 1. The second kappa shape index (κ2) is 7.60. The molecule has 0 aliphatic carbocycles. The summed E-state index contributed by atoms with van der Waals surface area (Å²) in [6, 6.07) is 11.2. The van der Waals surface area contributed by atoms with Gasteiger partial charge in [-0.05, 0) is 0 Å². The first-order chi connectivity index (χ1) is 11.9. The van der Waals surface area contributed by atoms with E-state index in [9.17, 15) is 4.79 Å². The summed E-state index contributed by atoms with van der Waals surface area (Å²) in [6.07, 6.45) is 1.19. The third kappa shape index (κ3) is 4.33. The van der Waals surface area contributed by atoms with Gasteiger partial charge in [0.05, 0.1) is 0 Å². The fraction of sp³-hybridized carbons (Fsp3) is 0.250. The number of aromatic carboxylic acids is 1. The van der Waals surface area contributed by atoms with E-state index in [-0.39, 0.29) is 25.9 Å². The van der Waals surface area contributed by atoms with Crippen molar-refractivity contribution in [3.05, 3.63) is 57.6 Å². The maximum atomic E-state index is 10.9. The Morgan fingerprint density at radius 1 is 1.28 bits per heavy atom. The van der Waals surface area contributed by atoms with Gasteiger partial charge in [-0.25, -0.2) is 0 Å². The average Bonchev–Trinajstić information content (AvgIpc) is 2.56. The van der Waals surface area contributed by atoms with Gasteiger partial charge in [-0.1, -0.05) is 0 Å². The predicted molar refractivity (Wildman–Crippen MR) is 108 cm³/mol. The molecule has 1 aliphatic rings. The molecule has 5 heteroatoms. The van der Waals surface area contributed by atoms with Gasteiger partial charge in [0.2, 0.25) is 0 Å². The third-order valence-corrected chi connectivity index (χ3v) is 7.66.